The monoisotopic (exact) mass is 573 g/mol. The lowest BCUT2D eigenvalue weighted by Crippen LogP contribution is -2.14. The van der Waals surface area contributed by atoms with E-state index in [0.717, 1.165) is 32.9 Å². The van der Waals surface area contributed by atoms with Gasteiger partial charge >= 0.3 is 5.97 Å². The van der Waals surface area contributed by atoms with Crippen LogP contribution >= 0.6 is 23.4 Å². The van der Waals surface area contributed by atoms with Crippen molar-refractivity contribution in [3.05, 3.63) is 101 Å². The number of methoxy groups -OCH3 is 2. The maximum atomic E-state index is 12.6. The van der Waals surface area contributed by atoms with Crippen molar-refractivity contribution in [3.63, 3.8) is 0 Å². The minimum absolute atomic E-state index is 0.197. The second-order valence-corrected chi connectivity index (χ2v) is 10.6. The maximum Gasteiger partial charge on any atom is 0.355 e. The van der Waals surface area contributed by atoms with E-state index in [0.29, 0.717) is 41.8 Å². The third kappa shape index (κ3) is 5.67. The number of benzene rings is 4. The first-order valence-corrected chi connectivity index (χ1v) is 14.2. The number of aromatic nitrogens is 1. The Morgan fingerprint density at radius 1 is 1.00 bits per heavy atom. The summed E-state index contributed by atoms with van der Waals surface area (Å²) in [6.07, 6.45) is 1.25. The van der Waals surface area contributed by atoms with Crippen LogP contribution in [0.1, 0.15) is 32.8 Å². The average molecular weight is 574 g/mol. The van der Waals surface area contributed by atoms with Crippen molar-refractivity contribution in [1.82, 2.24) is 4.57 Å². The predicted molar refractivity (Wildman–Crippen MR) is 160 cm³/mol. The van der Waals surface area contributed by atoms with Crippen LogP contribution in [0.2, 0.25) is 5.02 Å². The van der Waals surface area contributed by atoms with Crippen LogP contribution in [0.15, 0.2) is 83.8 Å². The minimum atomic E-state index is -0.581. The van der Waals surface area contributed by atoms with Crippen LogP contribution in [0.25, 0.3) is 21.7 Å². The van der Waals surface area contributed by atoms with E-state index in [-0.39, 0.29) is 11.3 Å². The Morgan fingerprint density at radius 2 is 1.80 bits per heavy atom. The van der Waals surface area contributed by atoms with Crippen LogP contribution in [0.3, 0.4) is 0 Å². The van der Waals surface area contributed by atoms with Gasteiger partial charge in [0.05, 0.1) is 36.9 Å². The number of esters is 1. The number of carbonyl (C=O) groups excluding carboxylic acids is 2. The molecule has 8 heteroatoms. The Balaban J connectivity index is 1.34. The predicted octanol–water partition coefficient (Wildman–Crippen LogP) is 7.82. The molecule has 0 saturated heterocycles. The zero-order valence-corrected chi connectivity index (χ0v) is 23.8. The lowest BCUT2D eigenvalue weighted by atomic mass is 10.1. The van der Waals surface area contributed by atoms with E-state index in [2.05, 4.69) is 36.4 Å². The summed E-state index contributed by atoms with van der Waals surface area (Å²) in [5, 5.41) is 3.10. The summed E-state index contributed by atoms with van der Waals surface area (Å²) in [6, 6.07) is 25.8. The molecule has 1 heterocycles. The van der Waals surface area contributed by atoms with Crippen LogP contribution in [-0.4, -0.2) is 37.6 Å². The highest BCUT2D eigenvalue weighted by molar-refractivity contribution is 7.98. The van der Waals surface area contributed by atoms with Gasteiger partial charge in [-0.15, -0.1) is 11.8 Å². The Bertz CT molecular complexity index is 1680. The first kappa shape index (κ1) is 27.6. The summed E-state index contributed by atoms with van der Waals surface area (Å²) in [5.41, 5.74) is 2.35. The Morgan fingerprint density at radius 3 is 2.55 bits per heavy atom. The second kappa shape index (κ2) is 12.5. The van der Waals surface area contributed by atoms with Gasteiger partial charge in [-0.25, -0.2) is 4.79 Å². The lowest BCUT2D eigenvalue weighted by Gasteiger charge is -2.14. The van der Waals surface area contributed by atoms with E-state index in [1.807, 2.05) is 30.3 Å². The molecule has 40 heavy (non-hydrogen) atoms. The van der Waals surface area contributed by atoms with Crippen LogP contribution in [0.4, 0.5) is 0 Å². The fourth-order valence-corrected chi connectivity index (χ4v) is 6.00. The minimum Gasteiger partial charge on any atom is -0.497 e. The number of carbonyl (C=O) groups is 2. The number of aldehydes is 1. The lowest BCUT2D eigenvalue weighted by molar-refractivity contribution is 0.0586. The SMILES string of the molecule is COC(=O)c1c(C=O)c2c(Cl)cccc2n1CCCOc1cc(SCc2ccc(OC)cc2)cc2ccccc12. The van der Waals surface area contributed by atoms with Gasteiger partial charge in [-0.1, -0.05) is 54.1 Å². The molecule has 0 N–H and O–H groups in total. The zero-order valence-electron chi connectivity index (χ0n) is 22.2. The molecule has 6 nitrogen and oxygen atoms in total. The summed E-state index contributed by atoms with van der Waals surface area (Å²) >= 11 is 8.15. The number of aryl methyl sites for hydroxylation is 1. The molecule has 1 aromatic heterocycles. The molecule has 204 valence electrons. The molecule has 0 atom stereocenters. The standard InChI is InChI=1S/C32H28ClNO5S/c1-37-23-13-11-21(12-14-23)20-40-24-17-22-7-3-4-8-25(22)29(18-24)39-16-6-15-34-28-10-5-9-27(33)30(28)26(19-35)31(34)32(36)38-2/h3-5,7-14,17-19H,6,15-16,20H2,1-2H3. The van der Waals surface area contributed by atoms with E-state index < -0.39 is 5.97 Å². The number of fused-ring (bicyclic) bond motifs is 2. The topological polar surface area (TPSA) is 66.8 Å². The Kier molecular flexibility index (Phi) is 8.63. The first-order valence-electron chi connectivity index (χ1n) is 12.8. The molecule has 5 rings (SSSR count). The number of ether oxygens (including phenoxy) is 3. The summed E-state index contributed by atoms with van der Waals surface area (Å²) in [7, 11) is 2.96. The van der Waals surface area contributed by atoms with E-state index in [4.69, 9.17) is 25.8 Å². The first-order chi connectivity index (χ1) is 19.5. The van der Waals surface area contributed by atoms with Crippen molar-refractivity contribution >= 4 is 57.3 Å². The quantitative estimate of drug-likeness (QED) is 0.0694. The highest BCUT2D eigenvalue weighted by Gasteiger charge is 2.24. The highest BCUT2D eigenvalue weighted by Crippen LogP contribution is 2.35. The molecule has 0 unspecified atom stereocenters. The van der Waals surface area contributed by atoms with E-state index in [1.54, 1.807) is 35.6 Å². The summed E-state index contributed by atoms with van der Waals surface area (Å²) < 4.78 is 18.3. The molecule has 0 aliphatic rings. The fourth-order valence-electron chi connectivity index (χ4n) is 4.80. The molecule has 0 bridgehead atoms. The largest absolute Gasteiger partial charge is 0.497 e. The molecule has 0 fully saturated rings. The van der Waals surface area contributed by atoms with Gasteiger partial charge in [0.1, 0.15) is 17.2 Å². The fraction of sp³-hybridized carbons (Fsp3) is 0.188. The van der Waals surface area contributed by atoms with Gasteiger partial charge in [-0.2, -0.15) is 0 Å². The summed E-state index contributed by atoms with van der Waals surface area (Å²) in [4.78, 5) is 25.7. The third-order valence-electron chi connectivity index (χ3n) is 6.72. The molecule has 0 aliphatic heterocycles. The normalized spacial score (nSPS) is 11.1. The Hall–Kier alpha value is -3.94. The van der Waals surface area contributed by atoms with Gasteiger partial charge in [0.2, 0.25) is 0 Å². The van der Waals surface area contributed by atoms with Crippen molar-refractivity contribution < 1.29 is 23.8 Å². The zero-order chi connectivity index (χ0) is 28.1. The Labute approximate surface area is 241 Å². The van der Waals surface area contributed by atoms with Gasteiger partial charge in [0.15, 0.2) is 6.29 Å². The molecule has 0 spiro atoms. The molecular weight excluding hydrogens is 546 g/mol. The summed E-state index contributed by atoms with van der Waals surface area (Å²) in [5.74, 6) is 1.88. The number of rotatable bonds is 11. The van der Waals surface area contributed by atoms with Gasteiger partial charge in [0, 0.05) is 28.0 Å². The van der Waals surface area contributed by atoms with Crippen molar-refractivity contribution in [1.29, 1.82) is 0 Å². The molecule has 0 saturated carbocycles. The molecule has 5 aromatic rings. The van der Waals surface area contributed by atoms with Gasteiger partial charge in [-0.3, -0.25) is 4.79 Å². The smallest absolute Gasteiger partial charge is 0.355 e. The van der Waals surface area contributed by atoms with Crippen molar-refractivity contribution in [2.24, 2.45) is 0 Å². The van der Waals surface area contributed by atoms with E-state index in [9.17, 15) is 9.59 Å². The van der Waals surface area contributed by atoms with Crippen LogP contribution in [0, 0.1) is 0 Å². The van der Waals surface area contributed by atoms with Crippen molar-refractivity contribution in [3.8, 4) is 11.5 Å². The van der Waals surface area contributed by atoms with Crippen LogP contribution < -0.4 is 9.47 Å². The summed E-state index contributed by atoms with van der Waals surface area (Å²) in [6.45, 7) is 0.854. The third-order valence-corrected chi connectivity index (χ3v) is 8.08. The van der Waals surface area contributed by atoms with Gasteiger partial charge < -0.3 is 18.8 Å². The van der Waals surface area contributed by atoms with Crippen molar-refractivity contribution in [2.45, 2.75) is 23.6 Å². The molecular formula is C32H28ClNO5S. The molecule has 4 aromatic carbocycles. The maximum absolute atomic E-state index is 12.6. The number of hydrogen-bond acceptors (Lipinski definition) is 6. The highest BCUT2D eigenvalue weighted by atomic mass is 35.5. The molecule has 0 aliphatic carbocycles. The van der Waals surface area contributed by atoms with Gasteiger partial charge in [0.25, 0.3) is 0 Å². The van der Waals surface area contributed by atoms with Crippen molar-refractivity contribution in [2.75, 3.05) is 20.8 Å². The van der Waals surface area contributed by atoms with Crippen LogP contribution in [-0.2, 0) is 17.0 Å². The average Bonchev–Trinajstić information content (AvgIpc) is 3.32. The number of halogens is 1. The molecule has 0 radical (unpaired) electrons. The second-order valence-electron chi connectivity index (χ2n) is 9.14. The van der Waals surface area contributed by atoms with Gasteiger partial charge in [-0.05, 0) is 53.8 Å². The molecule has 0 amide bonds. The van der Waals surface area contributed by atoms with E-state index >= 15 is 0 Å². The number of hydrogen-bond donors (Lipinski definition) is 0. The number of thioether (sulfide) groups is 1. The number of nitrogens with zero attached hydrogens (tertiary/aromatic N) is 1. The van der Waals surface area contributed by atoms with Crippen LogP contribution in [0.5, 0.6) is 11.5 Å². The van der Waals surface area contributed by atoms with E-state index in [1.165, 1.54) is 12.7 Å².